The molecule has 1 amide bonds. The molecule has 0 aliphatic heterocycles. The molecule has 0 spiro atoms. The predicted octanol–water partition coefficient (Wildman–Crippen LogP) is 21.3. The van der Waals surface area contributed by atoms with Gasteiger partial charge in [-0.15, -0.1) is 0 Å². The Hall–Kier alpha value is -2.81. The van der Waals surface area contributed by atoms with E-state index in [1.165, 1.54) is 167 Å². The molecule has 81 heavy (non-hydrogen) atoms. The third kappa shape index (κ3) is 61.6. The number of hydrogen-bond acceptors (Lipinski definition) is 6. The molecule has 0 rings (SSSR count). The van der Waals surface area contributed by atoms with Gasteiger partial charge >= 0.3 is 13.8 Å². The van der Waals surface area contributed by atoms with Crippen LogP contribution in [-0.2, 0) is 27.9 Å². The van der Waals surface area contributed by atoms with Crippen LogP contribution >= 0.6 is 7.82 Å². The van der Waals surface area contributed by atoms with Gasteiger partial charge in [0.25, 0.3) is 0 Å². The molecule has 10 heteroatoms. The van der Waals surface area contributed by atoms with E-state index < -0.39 is 20.0 Å². The lowest BCUT2D eigenvalue weighted by Gasteiger charge is -2.27. The lowest BCUT2D eigenvalue weighted by molar-refractivity contribution is -0.870. The molecule has 0 aromatic rings. The topological polar surface area (TPSA) is 111 Å². The van der Waals surface area contributed by atoms with Gasteiger partial charge in [0.05, 0.1) is 33.8 Å². The summed E-state index contributed by atoms with van der Waals surface area (Å²) >= 11 is 0. The molecule has 0 saturated carbocycles. The largest absolute Gasteiger partial charge is 0.472 e. The average molecular weight is 1150 g/mol. The van der Waals surface area contributed by atoms with E-state index in [9.17, 15) is 19.0 Å². The number of phosphoric ester groups is 1. The first-order chi connectivity index (χ1) is 39.4. The lowest BCUT2D eigenvalue weighted by atomic mass is 10.0. The molecule has 0 bridgehead atoms. The summed E-state index contributed by atoms with van der Waals surface area (Å²) in [6, 6.07) is -0.855. The van der Waals surface area contributed by atoms with Gasteiger partial charge in [-0.1, -0.05) is 273 Å². The molecule has 0 aromatic heterocycles. The van der Waals surface area contributed by atoms with E-state index >= 15 is 0 Å². The number of nitrogens with one attached hydrogen (secondary N) is 1. The Kier molecular flexibility index (Phi) is 58.2. The van der Waals surface area contributed by atoms with Crippen LogP contribution in [0, 0.1) is 0 Å². The summed E-state index contributed by atoms with van der Waals surface area (Å²) in [6.07, 6.45) is 80.1. The summed E-state index contributed by atoms with van der Waals surface area (Å²) in [6.45, 7) is 6.90. The van der Waals surface area contributed by atoms with Crippen LogP contribution in [0.3, 0.4) is 0 Å². The molecule has 9 nitrogen and oxygen atoms in total. The Labute approximate surface area is 501 Å². The first-order valence-corrected chi connectivity index (χ1v) is 35.4. The third-order valence-corrected chi connectivity index (χ3v) is 15.8. The van der Waals surface area contributed by atoms with Crippen molar-refractivity contribution in [1.82, 2.24) is 5.32 Å². The Morgan fingerprint density at radius 3 is 1.21 bits per heavy atom. The smallest absolute Gasteiger partial charge is 0.456 e. The van der Waals surface area contributed by atoms with Crippen molar-refractivity contribution < 1.29 is 37.3 Å². The molecule has 0 aromatic carbocycles. The number of allylic oxidation sites excluding steroid dienone is 13. The Morgan fingerprint density at radius 2 is 0.790 bits per heavy atom. The number of hydrogen-bond donors (Lipinski definition) is 2. The summed E-state index contributed by atoms with van der Waals surface area (Å²) < 4.78 is 30.8. The number of unbranched alkanes of at least 4 members (excludes halogenated alkanes) is 33. The number of ether oxygens (including phenoxy) is 1. The summed E-state index contributed by atoms with van der Waals surface area (Å²) in [7, 11) is 1.49. The second-order valence-corrected chi connectivity index (χ2v) is 25.4. The molecule has 0 saturated heterocycles. The van der Waals surface area contributed by atoms with E-state index in [-0.39, 0.29) is 31.5 Å². The number of quaternary nitrogens is 1. The van der Waals surface area contributed by atoms with Crippen molar-refractivity contribution in [2.45, 2.75) is 315 Å². The SMILES string of the molecule is CC/C=C\C/C=C\C/C=C\C/C=C\C/C=C\CCCCCCCCCCCCCC(=O)OC(/C=C\CCCCCCCCCCCCC)C(COP(=O)(O)OCC[N+](C)(C)C)NC(=O)CCCCCCCCC/C=C\CCCCCC. The van der Waals surface area contributed by atoms with Crippen LogP contribution < -0.4 is 5.32 Å². The highest BCUT2D eigenvalue weighted by molar-refractivity contribution is 7.47. The van der Waals surface area contributed by atoms with Crippen molar-refractivity contribution in [2.24, 2.45) is 0 Å². The van der Waals surface area contributed by atoms with Crippen molar-refractivity contribution in [2.75, 3.05) is 40.9 Å². The average Bonchev–Trinajstić information content (AvgIpc) is 3.44. The van der Waals surface area contributed by atoms with Gasteiger partial charge in [0.1, 0.15) is 19.3 Å². The predicted molar refractivity (Wildman–Crippen MR) is 351 cm³/mol. The van der Waals surface area contributed by atoms with Gasteiger partial charge in [-0.25, -0.2) is 4.57 Å². The Balaban J connectivity index is 5.10. The molecular weight excluding hydrogens is 1020 g/mol. The molecule has 0 heterocycles. The second-order valence-electron chi connectivity index (χ2n) is 24.0. The van der Waals surface area contributed by atoms with Crippen molar-refractivity contribution in [3.8, 4) is 0 Å². The molecule has 0 fully saturated rings. The van der Waals surface area contributed by atoms with Crippen LogP contribution in [0.2, 0.25) is 0 Å². The summed E-state index contributed by atoms with van der Waals surface area (Å²) in [5.74, 6) is -0.509. The number of carbonyl (C=O) groups excluding carboxylic acids is 2. The number of likely N-dealkylation sites (N-methyl/N-ethyl adjacent to an activating group) is 1. The van der Waals surface area contributed by atoms with Gasteiger partial charge in [-0.05, 0) is 102 Å². The van der Waals surface area contributed by atoms with Gasteiger partial charge in [0.2, 0.25) is 5.91 Å². The zero-order chi connectivity index (χ0) is 59.3. The molecule has 0 aliphatic rings. The highest BCUT2D eigenvalue weighted by atomic mass is 31.2. The van der Waals surface area contributed by atoms with Gasteiger partial charge in [0, 0.05) is 12.8 Å². The Morgan fingerprint density at radius 1 is 0.444 bits per heavy atom. The van der Waals surface area contributed by atoms with Gasteiger partial charge in [-0.3, -0.25) is 18.6 Å². The van der Waals surface area contributed by atoms with Crippen LogP contribution in [0.25, 0.3) is 0 Å². The van der Waals surface area contributed by atoms with Gasteiger partial charge in [0.15, 0.2) is 0 Å². The number of esters is 1. The second kappa shape index (κ2) is 60.3. The lowest BCUT2D eigenvalue weighted by Crippen LogP contribution is -2.47. The zero-order valence-electron chi connectivity index (χ0n) is 53.8. The fraction of sp³-hybridized carbons (Fsp3) is 0.775. The molecule has 470 valence electrons. The number of nitrogens with zero attached hydrogens (tertiary/aromatic N) is 1. The van der Waals surface area contributed by atoms with Crippen LogP contribution in [0.15, 0.2) is 85.1 Å². The highest BCUT2D eigenvalue weighted by Crippen LogP contribution is 2.43. The molecule has 0 radical (unpaired) electrons. The molecule has 3 unspecified atom stereocenters. The maximum Gasteiger partial charge on any atom is 0.472 e. The minimum absolute atomic E-state index is 0.0370. The summed E-state index contributed by atoms with van der Waals surface area (Å²) in [4.78, 5) is 37.8. The van der Waals surface area contributed by atoms with E-state index in [1.807, 2.05) is 33.3 Å². The Bertz CT molecular complexity index is 1660. The monoisotopic (exact) mass is 1150 g/mol. The first kappa shape index (κ1) is 78.2. The molecule has 3 atom stereocenters. The maximum atomic E-state index is 13.6. The van der Waals surface area contributed by atoms with Crippen molar-refractivity contribution in [3.63, 3.8) is 0 Å². The maximum absolute atomic E-state index is 13.6. The van der Waals surface area contributed by atoms with Gasteiger partial charge in [-0.2, -0.15) is 0 Å². The molecule has 2 N–H and O–H groups in total. The van der Waals surface area contributed by atoms with Crippen LogP contribution in [-0.4, -0.2) is 74.3 Å². The van der Waals surface area contributed by atoms with E-state index in [2.05, 4.69) is 99.0 Å². The van der Waals surface area contributed by atoms with E-state index in [0.29, 0.717) is 17.4 Å². The quantitative estimate of drug-likeness (QED) is 0.0205. The van der Waals surface area contributed by atoms with E-state index in [1.54, 1.807) is 0 Å². The fourth-order valence-corrected chi connectivity index (χ4v) is 10.3. The number of phosphoric acid groups is 1. The summed E-state index contributed by atoms with van der Waals surface area (Å²) in [5, 5.41) is 3.06. The first-order valence-electron chi connectivity index (χ1n) is 33.9. The number of rotatable bonds is 61. The highest BCUT2D eigenvalue weighted by Gasteiger charge is 2.30. The van der Waals surface area contributed by atoms with E-state index in [4.69, 9.17) is 13.8 Å². The summed E-state index contributed by atoms with van der Waals surface area (Å²) in [5.41, 5.74) is 0. The third-order valence-electron chi connectivity index (χ3n) is 14.8. The minimum atomic E-state index is -4.46. The van der Waals surface area contributed by atoms with Crippen LogP contribution in [0.1, 0.15) is 303 Å². The molecule has 0 aliphatic carbocycles. The zero-order valence-corrected chi connectivity index (χ0v) is 54.7. The van der Waals surface area contributed by atoms with Crippen molar-refractivity contribution in [1.29, 1.82) is 0 Å². The van der Waals surface area contributed by atoms with Crippen molar-refractivity contribution in [3.05, 3.63) is 85.1 Å². The van der Waals surface area contributed by atoms with Crippen LogP contribution in [0.5, 0.6) is 0 Å². The van der Waals surface area contributed by atoms with E-state index in [0.717, 1.165) is 103 Å². The normalized spacial score (nSPS) is 14.1. The number of carbonyl (C=O) groups is 2. The minimum Gasteiger partial charge on any atom is -0.456 e. The number of amides is 1. The standard InChI is InChI=1S/C71H129N2O7P/c1-7-10-13-16-19-22-25-28-30-31-32-33-34-35-36-37-38-39-40-41-43-46-49-52-55-58-61-64-71(75)80-69(62-59-56-53-50-47-44-27-24-21-18-15-12-9-3)68(67-79-81(76,77)78-66-65-73(4,5)6)72-70(74)63-60-57-54-51-48-45-42-29-26-23-20-17-14-11-8-2/h10,13,19,22-23,26,28,30,32-33,35-36,59,62,68-69H,7-9,11-12,14-18,20-21,24-25,27,29,31,34,37-58,60-61,63-67H2,1-6H3,(H-,72,74,76,77)/p+1/b13-10-,22-19-,26-23-,30-28-,33-32-,36-35-,62-59-. The molecular formula is C71H130N2O7P+. The van der Waals surface area contributed by atoms with Gasteiger partial charge < -0.3 is 19.4 Å². The fourth-order valence-electron chi connectivity index (χ4n) is 9.61. The van der Waals surface area contributed by atoms with Crippen molar-refractivity contribution >= 4 is 19.7 Å². The van der Waals surface area contributed by atoms with Crippen LogP contribution in [0.4, 0.5) is 0 Å².